The van der Waals surface area contributed by atoms with Gasteiger partial charge in [-0.15, -0.1) is 0 Å². The van der Waals surface area contributed by atoms with Crippen LogP contribution in [0.1, 0.15) is 38.7 Å². The van der Waals surface area contributed by atoms with Crippen molar-refractivity contribution >= 4 is 45.0 Å². The van der Waals surface area contributed by atoms with Crippen LogP contribution in [0.3, 0.4) is 0 Å². The van der Waals surface area contributed by atoms with E-state index < -0.39 is 28.5 Å². The topological polar surface area (TPSA) is 86.8 Å². The van der Waals surface area contributed by atoms with Crippen molar-refractivity contribution in [1.29, 1.82) is 0 Å². The maximum atomic E-state index is 13.4. The molecule has 7 nitrogen and oxygen atoms in total. The van der Waals surface area contributed by atoms with Crippen LogP contribution in [0.5, 0.6) is 0 Å². The summed E-state index contributed by atoms with van der Waals surface area (Å²) >= 11 is 12.2. The molecule has 2 rings (SSSR count). The molecule has 0 saturated carbocycles. The number of likely N-dealkylation sites (N-methyl/N-ethyl adjacent to an activating group) is 1. The molecule has 0 radical (unpaired) electrons. The summed E-state index contributed by atoms with van der Waals surface area (Å²) in [5.41, 5.74) is 0.667. The molecule has 2 aromatic rings. The molecular formula is C24H31Cl2N3O4S. The van der Waals surface area contributed by atoms with Crippen molar-refractivity contribution in [3.63, 3.8) is 0 Å². The minimum Gasteiger partial charge on any atom is -0.354 e. The van der Waals surface area contributed by atoms with Crippen LogP contribution >= 0.6 is 23.2 Å². The first-order chi connectivity index (χ1) is 16.1. The fourth-order valence-electron chi connectivity index (χ4n) is 3.39. The highest BCUT2D eigenvalue weighted by atomic mass is 35.5. The number of sulfonamides is 1. The summed E-state index contributed by atoms with van der Waals surface area (Å²) in [7, 11) is -2.60. The van der Waals surface area contributed by atoms with Gasteiger partial charge in [-0.3, -0.25) is 9.59 Å². The van der Waals surface area contributed by atoms with Gasteiger partial charge in [-0.1, -0.05) is 61.7 Å². The Morgan fingerprint density at radius 2 is 1.68 bits per heavy atom. The number of rotatable bonds is 12. The van der Waals surface area contributed by atoms with E-state index in [4.69, 9.17) is 23.2 Å². The Kier molecular flexibility index (Phi) is 10.8. The van der Waals surface area contributed by atoms with Crippen molar-refractivity contribution in [2.24, 2.45) is 0 Å². The first kappa shape index (κ1) is 28.1. The number of carbonyl (C=O) groups is 2. The fraction of sp³-hybridized carbons (Fsp3) is 0.417. The number of carbonyl (C=O) groups excluding carboxylic acids is 2. The zero-order chi connectivity index (χ0) is 25.3. The molecule has 0 bridgehead atoms. The number of halogens is 2. The first-order valence-corrected chi connectivity index (χ1v) is 13.3. The van der Waals surface area contributed by atoms with E-state index in [1.165, 1.54) is 36.2 Å². The minimum atomic E-state index is -3.94. The van der Waals surface area contributed by atoms with E-state index in [1.54, 1.807) is 24.3 Å². The lowest BCUT2D eigenvalue weighted by atomic mass is 10.1. The number of amides is 2. The molecule has 10 heteroatoms. The van der Waals surface area contributed by atoms with Crippen molar-refractivity contribution in [3.8, 4) is 0 Å². The van der Waals surface area contributed by atoms with Gasteiger partial charge < -0.3 is 10.2 Å². The van der Waals surface area contributed by atoms with Crippen LogP contribution in [-0.4, -0.2) is 55.6 Å². The van der Waals surface area contributed by atoms with Crippen LogP contribution in [0.2, 0.25) is 10.0 Å². The number of unbranched alkanes of at least 4 members (excludes halogenated alkanes) is 1. The zero-order valence-electron chi connectivity index (χ0n) is 19.6. The molecule has 0 heterocycles. The zero-order valence-corrected chi connectivity index (χ0v) is 22.0. The average Bonchev–Trinajstić information content (AvgIpc) is 2.80. The second-order valence-corrected chi connectivity index (χ2v) is 10.8. The molecule has 1 atom stereocenters. The molecule has 0 aliphatic heterocycles. The SMILES string of the molecule is CCCCNC(=O)C(CC)N(Cc1ccccc1Cl)C(=O)CN(C)S(=O)(=O)c1ccc(Cl)cc1. The van der Waals surface area contributed by atoms with Crippen LogP contribution in [0.15, 0.2) is 53.4 Å². The molecule has 0 aliphatic rings. The summed E-state index contributed by atoms with van der Waals surface area (Å²) in [6.07, 6.45) is 2.11. The third kappa shape index (κ3) is 7.43. The van der Waals surface area contributed by atoms with E-state index in [0.717, 1.165) is 17.1 Å². The second-order valence-electron chi connectivity index (χ2n) is 7.90. The molecule has 1 N–H and O–H groups in total. The maximum Gasteiger partial charge on any atom is 0.243 e. The van der Waals surface area contributed by atoms with Crippen LogP contribution in [0.4, 0.5) is 0 Å². The Balaban J connectivity index is 2.30. The number of nitrogens with one attached hydrogen (secondary N) is 1. The maximum absolute atomic E-state index is 13.4. The minimum absolute atomic E-state index is 0.0224. The molecule has 34 heavy (non-hydrogen) atoms. The van der Waals surface area contributed by atoms with Crippen LogP contribution in [0.25, 0.3) is 0 Å². The first-order valence-electron chi connectivity index (χ1n) is 11.1. The molecule has 1 unspecified atom stereocenters. The highest BCUT2D eigenvalue weighted by Crippen LogP contribution is 2.21. The van der Waals surface area contributed by atoms with Gasteiger partial charge >= 0.3 is 0 Å². The van der Waals surface area contributed by atoms with Gasteiger partial charge in [0.15, 0.2) is 0 Å². The monoisotopic (exact) mass is 527 g/mol. The van der Waals surface area contributed by atoms with Crippen molar-refractivity contribution in [3.05, 3.63) is 64.1 Å². The number of hydrogen-bond donors (Lipinski definition) is 1. The van der Waals surface area contributed by atoms with Crippen LogP contribution in [-0.2, 0) is 26.2 Å². The van der Waals surface area contributed by atoms with Crippen molar-refractivity contribution in [1.82, 2.24) is 14.5 Å². The molecule has 0 aromatic heterocycles. The van der Waals surface area contributed by atoms with Crippen molar-refractivity contribution in [2.45, 2.75) is 50.6 Å². The third-order valence-electron chi connectivity index (χ3n) is 5.39. The Morgan fingerprint density at radius 1 is 1.03 bits per heavy atom. The number of benzene rings is 2. The van der Waals surface area contributed by atoms with E-state index in [-0.39, 0.29) is 17.3 Å². The normalized spacial score (nSPS) is 12.4. The van der Waals surface area contributed by atoms with E-state index in [0.29, 0.717) is 28.6 Å². The second kappa shape index (κ2) is 13.1. The summed E-state index contributed by atoms with van der Waals surface area (Å²) in [5, 5.41) is 3.74. The van der Waals surface area contributed by atoms with E-state index in [9.17, 15) is 18.0 Å². The predicted molar refractivity (Wildman–Crippen MR) is 135 cm³/mol. The summed E-state index contributed by atoms with van der Waals surface area (Å²) in [5.74, 6) is -0.781. The Labute approximate surface area is 212 Å². The number of nitrogens with zero attached hydrogens (tertiary/aromatic N) is 2. The number of hydrogen-bond acceptors (Lipinski definition) is 4. The fourth-order valence-corrected chi connectivity index (χ4v) is 4.83. The van der Waals surface area contributed by atoms with E-state index in [1.807, 2.05) is 13.8 Å². The molecule has 2 aromatic carbocycles. The quantitative estimate of drug-likeness (QED) is 0.416. The van der Waals surface area contributed by atoms with Gasteiger partial charge in [0.05, 0.1) is 11.4 Å². The lowest BCUT2D eigenvalue weighted by Crippen LogP contribution is -2.51. The smallest absolute Gasteiger partial charge is 0.243 e. The molecule has 0 spiro atoms. The van der Waals surface area contributed by atoms with Crippen molar-refractivity contribution < 1.29 is 18.0 Å². The summed E-state index contributed by atoms with van der Waals surface area (Å²) in [6, 6.07) is 12.0. The van der Waals surface area contributed by atoms with Gasteiger partial charge in [-0.2, -0.15) is 4.31 Å². The molecule has 186 valence electrons. The van der Waals surface area contributed by atoms with Crippen LogP contribution < -0.4 is 5.32 Å². The van der Waals surface area contributed by atoms with E-state index >= 15 is 0 Å². The Bertz CT molecular complexity index is 1080. The highest BCUT2D eigenvalue weighted by molar-refractivity contribution is 7.89. The average molecular weight is 529 g/mol. The largest absolute Gasteiger partial charge is 0.354 e. The molecule has 0 aliphatic carbocycles. The van der Waals surface area contributed by atoms with Gasteiger partial charge in [0.2, 0.25) is 21.8 Å². The summed E-state index contributed by atoms with van der Waals surface area (Å²) in [6.45, 7) is 3.98. The third-order valence-corrected chi connectivity index (χ3v) is 7.83. The summed E-state index contributed by atoms with van der Waals surface area (Å²) < 4.78 is 26.9. The molecule has 0 fully saturated rings. The Morgan fingerprint density at radius 3 is 2.26 bits per heavy atom. The molecule has 0 saturated heterocycles. The lowest BCUT2D eigenvalue weighted by Gasteiger charge is -2.32. The lowest BCUT2D eigenvalue weighted by molar-refractivity contribution is -0.141. The van der Waals surface area contributed by atoms with Gasteiger partial charge in [-0.25, -0.2) is 8.42 Å². The highest BCUT2D eigenvalue weighted by Gasteiger charge is 2.32. The van der Waals surface area contributed by atoms with E-state index in [2.05, 4.69) is 5.32 Å². The van der Waals surface area contributed by atoms with Gasteiger partial charge in [0.25, 0.3) is 0 Å². The van der Waals surface area contributed by atoms with Crippen LogP contribution in [0, 0.1) is 0 Å². The molecular weight excluding hydrogens is 497 g/mol. The van der Waals surface area contributed by atoms with Crippen molar-refractivity contribution in [2.75, 3.05) is 20.1 Å². The Hall–Kier alpha value is -2.13. The van der Waals surface area contributed by atoms with Gasteiger partial charge in [0.1, 0.15) is 6.04 Å². The predicted octanol–water partition coefficient (Wildman–Crippen LogP) is 4.34. The molecule has 2 amide bonds. The van der Waals surface area contributed by atoms with Gasteiger partial charge in [-0.05, 0) is 48.7 Å². The van der Waals surface area contributed by atoms with Gasteiger partial charge in [0, 0.05) is 30.2 Å². The summed E-state index contributed by atoms with van der Waals surface area (Å²) in [4.78, 5) is 27.8. The standard InChI is InChI=1S/C24H31Cl2N3O4S/c1-4-6-15-27-24(31)22(5-2)29(16-18-9-7-8-10-21(18)26)23(30)17-28(3)34(32,33)20-13-11-19(25)12-14-20/h7-14,22H,4-6,15-17H2,1-3H3,(H,27,31).